The molecule has 1 nitrogen and oxygen atoms in total. The molecule has 2 aliphatic rings. The van der Waals surface area contributed by atoms with Crippen LogP contribution in [0.1, 0.15) is 26.2 Å². The van der Waals surface area contributed by atoms with E-state index in [1.807, 2.05) is 13.0 Å². The molecule has 1 N–H and O–H groups in total. The third-order valence-corrected chi connectivity index (χ3v) is 3.91. The van der Waals surface area contributed by atoms with Crippen LogP contribution in [-0.4, -0.2) is 11.2 Å². The summed E-state index contributed by atoms with van der Waals surface area (Å²) in [6.07, 6.45) is 10.0. The Morgan fingerprint density at radius 3 is 2.36 bits per heavy atom. The lowest BCUT2D eigenvalue weighted by molar-refractivity contribution is 0.242. The van der Waals surface area contributed by atoms with Gasteiger partial charge in [0.25, 0.3) is 0 Å². The highest BCUT2D eigenvalue weighted by Gasteiger charge is 2.43. The van der Waals surface area contributed by atoms with Gasteiger partial charge in [-0.2, -0.15) is 0 Å². The molecule has 0 heterocycles. The minimum atomic E-state index is -0.288. The van der Waals surface area contributed by atoms with Crippen molar-refractivity contribution in [3.8, 4) is 0 Å². The summed E-state index contributed by atoms with van der Waals surface area (Å²) >= 11 is 0. The molecule has 0 aromatic rings. The zero-order valence-electron chi connectivity index (χ0n) is 8.89. The molecule has 0 aromatic carbocycles. The number of aliphatic hydroxyl groups excluding tert-OH is 1. The van der Waals surface area contributed by atoms with Gasteiger partial charge in [0.1, 0.15) is 0 Å². The molecule has 0 radical (unpaired) electrons. The smallest absolute Gasteiger partial charge is 0.0692 e. The van der Waals surface area contributed by atoms with Gasteiger partial charge in [0.2, 0.25) is 0 Å². The maximum absolute atomic E-state index is 9.18. The predicted octanol–water partition coefficient (Wildman–Crippen LogP) is 2.77. The van der Waals surface area contributed by atoms with E-state index in [0.717, 1.165) is 23.7 Å². The fourth-order valence-corrected chi connectivity index (χ4v) is 3.19. The molecule has 2 fully saturated rings. The SMILES string of the molecule is C=CC1CC2CC1CC2C=CC(C)O. The van der Waals surface area contributed by atoms with Gasteiger partial charge in [0.05, 0.1) is 6.10 Å². The normalized spacial score (nSPS) is 43.3. The Balaban J connectivity index is 1.93. The zero-order chi connectivity index (χ0) is 10.1. The number of fused-ring (bicyclic) bond motifs is 2. The lowest BCUT2D eigenvalue weighted by Gasteiger charge is -2.23. The van der Waals surface area contributed by atoms with Gasteiger partial charge in [-0.25, -0.2) is 0 Å². The van der Waals surface area contributed by atoms with Gasteiger partial charge in [-0.3, -0.25) is 0 Å². The largest absolute Gasteiger partial charge is 0.389 e. The highest BCUT2D eigenvalue weighted by molar-refractivity contribution is 5.07. The molecule has 14 heavy (non-hydrogen) atoms. The lowest BCUT2D eigenvalue weighted by atomic mass is 9.82. The molecular weight excluding hydrogens is 172 g/mol. The van der Waals surface area contributed by atoms with E-state index in [1.54, 1.807) is 0 Å². The Labute approximate surface area is 86.5 Å². The Bertz CT molecular complexity index is 242. The molecule has 0 saturated heterocycles. The highest BCUT2D eigenvalue weighted by atomic mass is 16.3. The van der Waals surface area contributed by atoms with Crippen LogP contribution in [0.5, 0.6) is 0 Å². The van der Waals surface area contributed by atoms with Crippen molar-refractivity contribution in [2.45, 2.75) is 32.3 Å². The number of allylic oxidation sites excluding steroid dienone is 2. The summed E-state index contributed by atoms with van der Waals surface area (Å²) in [6.45, 7) is 5.72. The van der Waals surface area contributed by atoms with Crippen molar-refractivity contribution >= 4 is 0 Å². The summed E-state index contributed by atoms with van der Waals surface area (Å²) in [5, 5.41) is 9.18. The van der Waals surface area contributed by atoms with E-state index in [-0.39, 0.29) is 6.10 Å². The van der Waals surface area contributed by atoms with Crippen molar-refractivity contribution in [2.75, 3.05) is 0 Å². The molecule has 2 rings (SSSR count). The average molecular weight is 192 g/mol. The van der Waals surface area contributed by atoms with Crippen LogP contribution in [0.15, 0.2) is 24.8 Å². The van der Waals surface area contributed by atoms with Gasteiger partial charge in [-0.1, -0.05) is 18.2 Å². The number of rotatable bonds is 3. The molecule has 2 bridgehead atoms. The van der Waals surface area contributed by atoms with Crippen LogP contribution in [0.4, 0.5) is 0 Å². The van der Waals surface area contributed by atoms with Crippen molar-refractivity contribution in [3.63, 3.8) is 0 Å². The molecule has 0 amide bonds. The first-order valence-corrected chi connectivity index (χ1v) is 5.69. The maximum Gasteiger partial charge on any atom is 0.0692 e. The topological polar surface area (TPSA) is 20.2 Å². The van der Waals surface area contributed by atoms with E-state index in [9.17, 15) is 5.11 Å². The van der Waals surface area contributed by atoms with E-state index in [2.05, 4.69) is 18.7 Å². The fraction of sp³-hybridized carbons (Fsp3) is 0.692. The molecule has 0 aromatic heterocycles. The first-order valence-electron chi connectivity index (χ1n) is 5.69. The van der Waals surface area contributed by atoms with Gasteiger partial charge in [-0.05, 0) is 49.9 Å². The van der Waals surface area contributed by atoms with Crippen LogP contribution in [-0.2, 0) is 0 Å². The Morgan fingerprint density at radius 1 is 1.21 bits per heavy atom. The third kappa shape index (κ3) is 1.78. The monoisotopic (exact) mass is 192 g/mol. The van der Waals surface area contributed by atoms with E-state index in [0.29, 0.717) is 0 Å². The predicted molar refractivity (Wildman–Crippen MR) is 58.8 cm³/mol. The van der Waals surface area contributed by atoms with Crippen LogP contribution in [0, 0.1) is 23.7 Å². The molecule has 78 valence electrons. The second-order valence-corrected chi connectivity index (χ2v) is 4.92. The quantitative estimate of drug-likeness (QED) is 0.682. The van der Waals surface area contributed by atoms with Gasteiger partial charge in [0.15, 0.2) is 0 Å². The van der Waals surface area contributed by atoms with Gasteiger partial charge >= 0.3 is 0 Å². The van der Waals surface area contributed by atoms with Gasteiger partial charge in [-0.15, -0.1) is 6.58 Å². The second-order valence-electron chi connectivity index (χ2n) is 4.92. The van der Waals surface area contributed by atoms with Crippen LogP contribution in [0.3, 0.4) is 0 Å². The minimum Gasteiger partial charge on any atom is -0.389 e. The summed E-state index contributed by atoms with van der Waals surface area (Å²) in [5.41, 5.74) is 0. The summed E-state index contributed by atoms with van der Waals surface area (Å²) in [7, 11) is 0. The van der Waals surface area contributed by atoms with Crippen molar-refractivity contribution in [1.82, 2.24) is 0 Å². The molecular formula is C13H20O. The summed E-state index contributed by atoms with van der Waals surface area (Å²) in [6, 6.07) is 0. The third-order valence-electron chi connectivity index (χ3n) is 3.91. The molecule has 0 aliphatic heterocycles. The van der Waals surface area contributed by atoms with E-state index in [1.165, 1.54) is 19.3 Å². The van der Waals surface area contributed by atoms with E-state index >= 15 is 0 Å². The zero-order valence-corrected chi connectivity index (χ0v) is 8.89. The van der Waals surface area contributed by atoms with Crippen molar-refractivity contribution in [3.05, 3.63) is 24.8 Å². The Kier molecular flexibility index (Phi) is 2.78. The highest BCUT2D eigenvalue weighted by Crippen LogP contribution is 2.52. The van der Waals surface area contributed by atoms with Crippen LogP contribution in [0.25, 0.3) is 0 Å². The van der Waals surface area contributed by atoms with Gasteiger partial charge in [0, 0.05) is 0 Å². The van der Waals surface area contributed by atoms with E-state index in [4.69, 9.17) is 0 Å². The average Bonchev–Trinajstić information content (AvgIpc) is 2.72. The number of aliphatic hydroxyl groups is 1. The Hall–Kier alpha value is -0.560. The standard InChI is InChI=1S/C13H20O/c1-3-10-6-13-8-12(10)7-11(13)5-4-9(2)14/h3-5,9-14H,1,6-8H2,2H3. The summed E-state index contributed by atoms with van der Waals surface area (Å²) in [4.78, 5) is 0. The molecule has 1 heteroatoms. The van der Waals surface area contributed by atoms with Gasteiger partial charge < -0.3 is 5.11 Å². The number of hydrogen-bond donors (Lipinski definition) is 1. The van der Waals surface area contributed by atoms with Crippen LogP contribution >= 0.6 is 0 Å². The van der Waals surface area contributed by atoms with Crippen LogP contribution in [0.2, 0.25) is 0 Å². The Morgan fingerprint density at radius 2 is 1.86 bits per heavy atom. The fourth-order valence-electron chi connectivity index (χ4n) is 3.19. The van der Waals surface area contributed by atoms with Crippen molar-refractivity contribution in [1.29, 1.82) is 0 Å². The molecule has 2 aliphatic carbocycles. The number of hydrogen-bond acceptors (Lipinski definition) is 1. The summed E-state index contributed by atoms with van der Waals surface area (Å²) in [5.74, 6) is 3.24. The molecule has 5 atom stereocenters. The van der Waals surface area contributed by atoms with Crippen molar-refractivity contribution < 1.29 is 5.11 Å². The first-order chi connectivity index (χ1) is 6.70. The minimum absolute atomic E-state index is 0.288. The molecule has 2 saturated carbocycles. The van der Waals surface area contributed by atoms with E-state index < -0.39 is 0 Å². The summed E-state index contributed by atoms with van der Waals surface area (Å²) < 4.78 is 0. The first kappa shape index (κ1) is 9.97. The second kappa shape index (κ2) is 3.90. The molecule has 5 unspecified atom stereocenters. The van der Waals surface area contributed by atoms with Crippen molar-refractivity contribution in [2.24, 2.45) is 23.7 Å². The lowest BCUT2D eigenvalue weighted by Crippen LogP contribution is -2.15. The molecule has 0 spiro atoms. The maximum atomic E-state index is 9.18. The van der Waals surface area contributed by atoms with Crippen LogP contribution < -0.4 is 0 Å².